The lowest BCUT2D eigenvalue weighted by atomic mass is 10.1. The molecule has 0 aliphatic heterocycles. The van der Waals surface area contributed by atoms with E-state index in [0.29, 0.717) is 41.8 Å². The summed E-state index contributed by atoms with van der Waals surface area (Å²) in [7, 11) is 3.02. The molecule has 7 nitrogen and oxygen atoms in total. The van der Waals surface area contributed by atoms with Gasteiger partial charge in [-0.2, -0.15) is 0 Å². The molecule has 7 heteroatoms. The summed E-state index contributed by atoms with van der Waals surface area (Å²) in [6, 6.07) is 5.19. The first-order valence-electron chi connectivity index (χ1n) is 7.38. The number of methoxy groups -OCH3 is 2. The molecule has 1 aromatic heterocycles. The Bertz CT molecular complexity index is 645. The summed E-state index contributed by atoms with van der Waals surface area (Å²) in [4.78, 5) is 12.4. The second-order valence-corrected chi connectivity index (χ2v) is 5.23. The van der Waals surface area contributed by atoms with Crippen LogP contribution in [0.25, 0.3) is 0 Å². The molecule has 1 heterocycles. The van der Waals surface area contributed by atoms with Crippen LogP contribution in [0.1, 0.15) is 41.9 Å². The minimum atomic E-state index is -0.275. The molecule has 1 N–H and O–H groups in total. The van der Waals surface area contributed by atoms with Gasteiger partial charge in [0.25, 0.3) is 5.91 Å². The maximum atomic E-state index is 12.4. The van der Waals surface area contributed by atoms with E-state index < -0.39 is 0 Å². The standard InChI is InChI=1S/C16H21N3O4/c1-10(2)16-19-18-13(23-16)8-9-17-15(20)14-11(21-3)6-5-7-12(14)22-4/h5-7,10H,8-9H2,1-4H3,(H,17,20). The van der Waals surface area contributed by atoms with Crippen molar-refractivity contribution in [2.24, 2.45) is 0 Å². The second kappa shape index (κ2) is 7.62. The molecule has 23 heavy (non-hydrogen) atoms. The van der Waals surface area contributed by atoms with E-state index in [4.69, 9.17) is 13.9 Å². The third-order valence-corrected chi connectivity index (χ3v) is 3.26. The molecule has 0 fully saturated rings. The molecular weight excluding hydrogens is 298 g/mol. The topological polar surface area (TPSA) is 86.5 Å². The average molecular weight is 319 g/mol. The van der Waals surface area contributed by atoms with Gasteiger partial charge in [-0.1, -0.05) is 19.9 Å². The fourth-order valence-electron chi connectivity index (χ4n) is 2.05. The van der Waals surface area contributed by atoms with Gasteiger partial charge in [-0.05, 0) is 12.1 Å². The molecule has 0 atom stereocenters. The summed E-state index contributed by atoms with van der Waals surface area (Å²) in [6.07, 6.45) is 0.461. The molecule has 124 valence electrons. The Hall–Kier alpha value is -2.57. The zero-order chi connectivity index (χ0) is 16.8. The fraction of sp³-hybridized carbons (Fsp3) is 0.438. The third-order valence-electron chi connectivity index (χ3n) is 3.26. The summed E-state index contributed by atoms with van der Waals surface area (Å²) in [5.74, 6) is 1.92. The van der Waals surface area contributed by atoms with Crippen molar-refractivity contribution in [3.05, 3.63) is 35.5 Å². The Balaban J connectivity index is 1.99. The van der Waals surface area contributed by atoms with Gasteiger partial charge in [0.2, 0.25) is 11.8 Å². The Morgan fingerprint density at radius 2 is 1.87 bits per heavy atom. The normalized spacial score (nSPS) is 10.7. The van der Waals surface area contributed by atoms with Gasteiger partial charge < -0.3 is 19.2 Å². The molecule has 0 saturated carbocycles. The van der Waals surface area contributed by atoms with Crippen molar-refractivity contribution in [3.8, 4) is 11.5 Å². The number of carbonyl (C=O) groups excluding carboxylic acids is 1. The largest absolute Gasteiger partial charge is 0.496 e. The number of carbonyl (C=O) groups is 1. The molecule has 1 amide bonds. The number of nitrogens with one attached hydrogen (secondary N) is 1. The Morgan fingerprint density at radius 3 is 2.39 bits per heavy atom. The van der Waals surface area contributed by atoms with Crippen LogP contribution in [0.4, 0.5) is 0 Å². The lowest BCUT2D eigenvalue weighted by Crippen LogP contribution is -2.26. The van der Waals surface area contributed by atoms with E-state index in [2.05, 4.69) is 15.5 Å². The number of hydrogen-bond donors (Lipinski definition) is 1. The van der Waals surface area contributed by atoms with E-state index in [-0.39, 0.29) is 11.8 Å². The Labute approximate surface area is 135 Å². The second-order valence-electron chi connectivity index (χ2n) is 5.23. The van der Waals surface area contributed by atoms with Gasteiger partial charge in [-0.15, -0.1) is 10.2 Å². The van der Waals surface area contributed by atoms with Crippen LogP contribution in [0, 0.1) is 0 Å². The smallest absolute Gasteiger partial charge is 0.258 e. The first-order chi connectivity index (χ1) is 11.1. The van der Waals surface area contributed by atoms with E-state index in [1.165, 1.54) is 14.2 Å². The molecular formula is C16H21N3O4. The van der Waals surface area contributed by atoms with E-state index in [0.717, 1.165) is 0 Å². The molecule has 0 bridgehead atoms. The van der Waals surface area contributed by atoms with Crippen molar-refractivity contribution in [1.82, 2.24) is 15.5 Å². The van der Waals surface area contributed by atoms with Gasteiger partial charge >= 0.3 is 0 Å². The number of rotatable bonds is 7. The number of hydrogen-bond acceptors (Lipinski definition) is 6. The highest BCUT2D eigenvalue weighted by molar-refractivity contribution is 5.99. The van der Waals surface area contributed by atoms with Crippen molar-refractivity contribution >= 4 is 5.91 Å². The Morgan fingerprint density at radius 1 is 1.22 bits per heavy atom. The average Bonchev–Trinajstić information content (AvgIpc) is 3.03. The molecule has 0 saturated heterocycles. The van der Waals surface area contributed by atoms with Crippen LogP contribution in [0.3, 0.4) is 0 Å². The lowest BCUT2D eigenvalue weighted by molar-refractivity contribution is 0.0947. The number of nitrogens with zero attached hydrogens (tertiary/aromatic N) is 2. The maximum Gasteiger partial charge on any atom is 0.258 e. The molecule has 0 radical (unpaired) electrons. The van der Waals surface area contributed by atoms with Crippen LogP contribution in [0.2, 0.25) is 0 Å². The van der Waals surface area contributed by atoms with Crippen LogP contribution < -0.4 is 14.8 Å². The number of aromatic nitrogens is 2. The molecule has 0 spiro atoms. The van der Waals surface area contributed by atoms with Crippen LogP contribution in [0.5, 0.6) is 11.5 Å². The van der Waals surface area contributed by atoms with E-state index in [9.17, 15) is 4.79 Å². The number of ether oxygens (including phenoxy) is 2. The van der Waals surface area contributed by atoms with Crippen molar-refractivity contribution in [2.45, 2.75) is 26.2 Å². The molecule has 0 aliphatic rings. The summed E-state index contributed by atoms with van der Waals surface area (Å²) >= 11 is 0. The van der Waals surface area contributed by atoms with Crippen LogP contribution in [-0.4, -0.2) is 36.9 Å². The first-order valence-corrected chi connectivity index (χ1v) is 7.38. The third kappa shape index (κ3) is 4.00. The summed E-state index contributed by atoms with van der Waals surface area (Å²) in [6.45, 7) is 4.33. The summed E-state index contributed by atoms with van der Waals surface area (Å²) in [5, 5.41) is 10.7. The highest BCUT2D eigenvalue weighted by atomic mass is 16.5. The fourth-order valence-corrected chi connectivity index (χ4v) is 2.05. The number of amides is 1. The van der Waals surface area contributed by atoms with E-state index in [1.807, 2.05) is 13.8 Å². The lowest BCUT2D eigenvalue weighted by Gasteiger charge is -2.12. The monoisotopic (exact) mass is 319 g/mol. The van der Waals surface area contributed by atoms with E-state index in [1.54, 1.807) is 18.2 Å². The van der Waals surface area contributed by atoms with Crippen molar-refractivity contribution in [1.29, 1.82) is 0 Å². The minimum absolute atomic E-state index is 0.184. The minimum Gasteiger partial charge on any atom is -0.496 e. The highest BCUT2D eigenvalue weighted by Gasteiger charge is 2.18. The maximum absolute atomic E-state index is 12.4. The van der Waals surface area contributed by atoms with Gasteiger partial charge in [0.1, 0.15) is 17.1 Å². The zero-order valence-corrected chi connectivity index (χ0v) is 13.8. The Kier molecular flexibility index (Phi) is 5.56. The molecule has 2 aromatic rings. The van der Waals surface area contributed by atoms with E-state index >= 15 is 0 Å². The zero-order valence-electron chi connectivity index (χ0n) is 13.8. The van der Waals surface area contributed by atoms with Gasteiger partial charge in [-0.25, -0.2) is 0 Å². The van der Waals surface area contributed by atoms with Crippen molar-refractivity contribution in [2.75, 3.05) is 20.8 Å². The SMILES string of the molecule is COc1cccc(OC)c1C(=O)NCCc1nnc(C(C)C)o1. The van der Waals surface area contributed by atoms with Crippen LogP contribution in [0.15, 0.2) is 22.6 Å². The van der Waals surface area contributed by atoms with Gasteiger partial charge in [0, 0.05) is 18.9 Å². The van der Waals surface area contributed by atoms with Gasteiger partial charge in [0.15, 0.2) is 0 Å². The van der Waals surface area contributed by atoms with Crippen LogP contribution >= 0.6 is 0 Å². The first kappa shape index (κ1) is 16.8. The molecule has 2 rings (SSSR count). The molecule has 1 aromatic carbocycles. The summed E-state index contributed by atoms with van der Waals surface area (Å²) < 4.78 is 15.9. The van der Waals surface area contributed by atoms with Crippen molar-refractivity contribution < 1.29 is 18.7 Å². The van der Waals surface area contributed by atoms with Crippen molar-refractivity contribution in [3.63, 3.8) is 0 Å². The predicted octanol–water partition coefficient (Wildman–Crippen LogP) is 2.18. The van der Waals surface area contributed by atoms with Gasteiger partial charge in [0.05, 0.1) is 14.2 Å². The molecule has 0 aliphatic carbocycles. The molecule has 0 unspecified atom stereocenters. The number of benzene rings is 1. The van der Waals surface area contributed by atoms with Gasteiger partial charge in [-0.3, -0.25) is 4.79 Å². The highest BCUT2D eigenvalue weighted by Crippen LogP contribution is 2.27. The summed E-state index contributed by atoms with van der Waals surface area (Å²) in [5.41, 5.74) is 0.367. The quantitative estimate of drug-likeness (QED) is 0.842. The predicted molar refractivity (Wildman–Crippen MR) is 84.0 cm³/mol. The van der Waals surface area contributed by atoms with Crippen LogP contribution in [-0.2, 0) is 6.42 Å².